The molecule has 0 spiro atoms. The summed E-state index contributed by atoms with van der Waals surface area (Å²) in [6.07, 6.45) is -0.467. The van der Waals surface area contributed by atoms with Crippen molar-refractivity contribution >= 4 is 5.91 Å². The van der Waals surface area contributed by atoms with Gasteiger partial charge in [0.05, 0.1) is 19.6 Å². The second kappa shape index (κ2) is 9.46. The van der Waals surface area contributed by atoms with Gasteiger partial charge in [-0.15, -0.1) is 0 Å². The molecule has 1 rings (SSSR count). The molecule has 0 bridgehead atoms. The zero-order chi connectivity index (χ0) is 15.7. The fourth-order valence-electron chi connectivity index (χ4n) is 1.80. The second-order valence-corrected chi connectivity index (χ2v) is 4.68. The topological polar surface area (TPSA) is 71.0 Å². The average molecular weight is 296 g/mol. The molecule has 2 unspecified atom stereocenters. The van der Waals surface area contributed by atoms with Crippen molar-refractivity contribution < 1.29 is 19.5 Å². The van der Waals surface area contributed by atoms with E-state index in [4.69, 9.17) is 9.57 Å². The van der Waals surface area contributed by atoms with Crippen molar-refractivity contribution in [3.05, 3.63) is 35.9 Å². The number of carbonyl (C=O) groups excluding carboxylic acids is 1. The standard InChI is InChI=1S/C15H24N2O4/c1-4-13(14(18)17(2)20-3)10-16-15(19)21-11-12-8-6-5-7-9-12/h5-9,13,15-16,19H,4,10-11H2,1-3H3. The van der Waals surface area contributed by atoms with E-state index in [1.165, 1.54) is 12.2 Å². The molecular weight excluding hydrogens is 272 g/mol. The maximum Gasteiger partial charge on any atom is 0.250 e. The molecule has 0 radical (unpaired) electrons. The second-order valence-electron chi connectivity index (χ2n) is 4.68. The molecule has 0 saturated carbocycles. The summed E-state index contributed by atoms with van der Waals surface area (Å²) < 4.78 is 5.28. The molecule has 2 atom stereocenters. The highest BCUT2D eigenvalue weighted by Gasteiger charge is 2.21. The first-order valence-corrected chi connectivity index (χ1v) is 6.97. The van der Waals surface area contributed by atoms with Gasteiger partial charge in [-0.1, -0.05) is 37.3 Å². The zero-order valence-electron chi connectivity index (χ0n) is 12.8. The van der Waals surface area contributed by atoms with E-state index in [1.807, 2.05) is 37.3 Å². The van der Waals surface area contributed by atoms with Crippen LogP contribution in [-0.4, -0.2) is 43.2 Å². The third-order valence-corrected chi connectivity index (χ3v) is 3.22. The highest BCUT2D eigenvalue weighted by molar-refractivity contribution is 5.77. The largest absolute Gasteiger partial charge is 0.356 e. The minimum Gasteiger partial charge on any atom is -0.356 e. The third-order valence-electron chi connectivity index (χ3n) is 3.22. The van der Waals surface area contributed by atoms with Crippen molar-refractivity contribution in [2.45, 2.75) is 26.4 Å². The Bertz CT molecular complexity index is 413. The monoisotopic (exact) mass is 296 g/mol. The van der Waals surface area contributed by atoms with Crippen LogP contribution in [0.3, 0.4) is 0 Å². The molecule has 0 saturated heterocycles. The predicted molar refractivity (Wildman–Crippen MR) is 78.8 cm³/mol. The van der Waals surface area contributed by atoms with Crippen LogP contribution in [0.5, 0.6) is 0 Å². The molecule has 118 valence electrons. The fourth-order valence-corrected chi connectivity index (χ4v) is 1.80. The summed E-state index contributed by atoms with van der Waals surface area (Å²) in [4.78, 5) is 16.8. The SMILES string of the molecule is CCC(CNC(O)OCc1ccccc1)C(=O)N(C)OC. The Hall–Kier alpha value is -1.47. The molecule has 0 aliphatic heterocycles. The molecule has 1 aromatic rings. The number of hydroxylamine groups is 2. The first kappa shape index (κ1) is 17.6. The van der Waals surface area contributed by atoms with Crippen LogP contribution in [0.1, 0.15) is 18.9 Å². The molecule has 0 aliphatic carbocycles. The van der Waals surface area contributed by atoms with Gasteiger partial charge in [-0.25, -0.2) is 5.06 Å². The van der Waals surface area contributed by atoms with Crippen LogP contribution >= 0.6 is 0 Å². The fraction of sp³-hybridized carbons (Fsp3) is 0.533. The number of hydrogen-bond donors (Lipinski definition) is 2. The Kier molecular flexibility index (Phi) is 7.92. The zero-order valence-corrected chi connectivity index (χ0v) is 12.8. The van der Waals surface area contributed by atoms with E-state index in [2.05, 4.69) is 5.32 Å². The van der Waals surface area contributed by atoms with Crippen molar-refractivity contribution in [1.29, 1.82) is 0 Å². The summed E-state index contributed by atoms with van der Waals surface area (Å²) in [5.74, 6) is -0.410. The van der Waals surface area contributed by atoms with E-state index < -0.39 is 6.41 Å². The number of aliphatic hydroxyl groups is 1. The smallest absolute Gasteiger partial charge is 0.250 e. The molecule has 1 aromatic carbocycles. The summed E-state index contributed by atoms with van der Waals surface area (Å²) in [6, 6.07) is 9.56. The maximum atomic E-state index is 11.9. The number of nitrogens with one attached hydrogen (secondary N) is 1. The van der Waals surface area contributed by atoms with Gasteiger partial charge in [0.1, 0.15) is 0 Å². The van der Waals surface area contributed by atoms with E-state index >= 15 is 0 Å². The van der Waals surface area contributed by atoms with Crippen molar-refractivity contribution in [2.75, 3.05) is 20.7 Å². The van der Waals surface area contributed by atoms with E-state index in [9.17, 15) is 9.90 Å². The van der Waals surface area contributed by atoms with Gasteiger partial charge in [0.15, 0.2) is 0 Å². The highest BCUT2D eigenvalue weighted by Crippen LogP contribution is 2.07. The van der Waals surface area contributed by atoms with Crippen molar-refractivity contribution in [1.82, 2.24) is 10.4 Å². The number of carbonyl (C=O) groups is 1. The number of hydrogen-bond acceptors (Lipinski definition) is 5. The van der Waals surface area contributed by atoms with Crippen LogP contribution in [0.25, 0.3) is 0 Å². The Morgan fingerprint density at radius 2 is 2.05 bits per heavy atom. The lowest BCUT2D eigenvalue weighted by Gasteiger charge is -2.22. The first-order valence-electron chi connectivity index (χ1n) is 6.97. The average Bonchev–Trinajstić information content (AvgIpc) is 2.53. The Morgan fingerprint density at radius 3 is 2.62 bits per heavy atom. The van der Waals surface area contributed by atoms with Crippen LogP contribution < -0.4 is 5.32 Å². The molecule has 0 aliphatic rings. The van der Waals surface area contributed by atoms with Gasteiger partial charge in [0.25, 0.3) is 0 Å². The minimum absolute atomic E-state index is 0.136. The Balaban J connectivity index is 2.33. The van der Waals surface area contributed by atoms with Crippen LogP contribution in [-0.2, 0) is 21.0 Å². The van der Waals surface area contributed by atoms with Crippen LogP contribution in [0.4, 0.5) is 0 Å². The van der Waals surface area contributed by atoms with Gasteiger partial charge < -0.3 is 9.84 Å². The molecular formula is C15H24N2O4. The van der Waals surface area contributed by atoms with Gasteiger partial charge >= 0.3 is 0 Å². The summed E-state index contributed by atoms with van der Waals surface area (Å²) in [7, 11) is 3.00. The summed E-state index contributed by atoms with van der Waals surface area (Å²) in [6.45, 7) is 2.53. The first-order chi connectivity index (χ1) is 10.1. The summed E-state index contributed by atoms with van der Waals surface area (Å²) >= 11 is 0. The molecule has 2 N–H and O–H groups in total. The molecule has 6 heteroatoms. The molecule has 6 nitrogen and oxygen atoms in total. The van der Waals surface area contributed by atoms with Gasteiger partial charge in [0.2, 0.25) is 12.3 Å². The molecule has 0 fully saturated rings. The molecule has 21 heavy (non-hydrogen) atoms. The van der Waals surface area contributed by atoms with E-state index in [1.54, 1.807) is 7.05 Å². The summed E-state index contributed by atoms with van der Waals surface area (Å²) in [5, 5.41) is 13.7. The van der Waals surface area contributed by atoms with E-state index in [-0.39, 0.29) is 11.8 Å². The molecule has 0 heterocycles. The van der Waals surface area contributed by atoms with Gasteiger partial charge in [-0.05, 0) is 12.0 Å². The quantitative estimate of drug-likeness (QED) is 0.528. The number of ether oxygens (including phenoxy) is 1. The normalized spacial score (nSPS) is 13.7. The number of nitrogens with zero attached hydrogens (tertiary/aromatic N) is 1. The highest BCUT2D eigenvalue weighted by atomic mass is 16.7. The number of benzene rings is 1. The Morgan fingerprint density at radius 1 is 1.38 bits per heavy atom. The van der Waals surface area contributed by atoms with Crippen LogP contribution in [0.15, 0.2) is 30.3 Å². The van der Waals surface area contributed by atoms with Gasteiger partial charge in [0, 0.05) is 13.6 Å². The number of aliphatic hydroxyl groups excluding tert-OH is 1. The maximum absolute atomic E-state index is 11.9. The van der Waals surface area contributed by atoms with Gasteiger partial charge in [-0.3, -0.25) is 14.9 Å². The lowest BCUT2D eigenvalue weighted by Crippen LogP contribution is -2.41. The van der Waals surface area contributed by atoms with E-state index in [0.717, 1.165) is 5.56 Å². The lowest BCUT2D eigenvalue weighted by atomic mass is 10.1. The van der Waals surface area contributed by atoms with Crippen molar-refractivity contribution in [3.63, 3.8) is 0 Å². The lowest BCUT2D eigenvalue weighted by molar-refractivity contribution is -0.174. The summed E-state index contributed by atoms with van der Waals surface area (Å²) in [5.41, 5.74) is 0.973. The predicted octanol–water partition coefficient (Wildman–Crippen LogP) is 1.11. The van der Waals surface area contributed by atoms with Gasteiger partial charge in [-0.2, -0.15) is 0 Å². The van der Waals surface area contributed by atoms with Crippen molar-refractivity contribution in [2.24, 2.45) is 5.92 Å². The third kappa shape index (κ3) is 6.22. The molecule has 1 amide bonds. The Labute approximate surface area is 125 Å². The van der Waals surface area contributed by atoms with E-state index in [0.29, 0.717) is 19.6 Å². The molecule has 0 aromatic heterocycles. The number of amides is 1. The number of rotatable bonds is 9. The minimum atomic E-state index is -1.11. The van der Waals surface area contributed by atoms with Crippen LogP contribution in [0.2, 0.25) is 0 Å². The van der Waals surface area contributed by atoms with Crippen molar-refractivity contribution in [3.8, 4) is 0 Å². The van der Waals surface area contributed by atoms with Crippen LogP contribution in [0, 0.1) is 5.92 Å².